The molecule has 1 aromatic rings. The average Bonchev–Trinajstić information content (AvgIpc) is 2.32. The lowest BCUT2D eigenvalue weighted by molar-refractivity contribution is 0.0909. The fourth-order valence-electron chi connectivity index (χ4n) is 1.20. The molecule has 1 fully saturated rings. The molecular formula is C7H10FN3S. The van der Waals surface area contributed by atoms with E-state index in [1.54, 1.807) is 0 Å². The molecule has 1 aromatic heterocycles. The van der Waals surface area contributed by atoms with E-state index in [0.29, 0.717) is 19.5 Å². The van der Waals surface area contributed by atoms with Gasteiger partial charge >= 0.3 is 0 Å². The maximum atomic E-state index is 13.5. The number of rotatable bonds is 2. The molecule has 0 unspecified atom stereocenters. The normalized spacial score (nSPS) is 20.5. The molecule has 0 spiro atoms. The molecule has 0 radical (unpaired) electrons. The van der Waals surface area contributed by atoms with Crippen LogP contribution in [0.25, 0.3) is 0 Å². The quantitative estimate of drug-likeness (QED) is 0.740. The van der Waals surface area contributed by atoms with E-state index in [9.17, 15) is 4.39 Å². The predicted molar refractivity (Wildman–Crippen MR) is 45.1 cm³/mol. The zero-order chi connectivity index (χ0) is 8.60. The van der Waals surface area contributed by atoms with Crippen LogP contribution >= 0.6 is 11.3 Å². The largest absolute Gasteiger partial charge is 0.310 e. The lowest BCUT2D eigenvalue weighted by atomic mass is 9.96. The number of alkyl halides is 1. The number of halogens is 1. The van der Waals surface area contributed by atoms with E-state index in [-0.39, 0.29) is 0 Å². The van der Waals surface area contributed by atoms with Crippen LogP contribution in [0.4, 0.5) is 4.39 Å². The van der Waals surface area contributed by atoms with Crippen LogP contribution in [0.5, 0.6) is 0 Å². The van der Waals surface area contributed by atoms with Crippen molar-refractivity contribution in [2.24, 2.45) is 0 Å². The fourth-order valence-corrected chi connectivity index (χ4v) is 2.04. The summed E-state index contributed by atoms with van der Waals surface area (Å²) < 4.78 is 13.5. The summed E-state index contributed by atoms with van der Waals surface area (Å²) in [6.45, 7) is 2.78. The lowest BCUT2D eigenvalue weighted by Crippen LogP contribution is -2.57. The van der Waals surface area contributed by atoms with Crippen molar-refractivity contribution >= 4 is 11.3 Å². The van der Waals surface area contributed by atoms with Gasteiger partial charge in [0, 0.05) is 19.5 Å². The summed E-state index contributed by atoms with van der Waals surface area (Å²) in [5.41, 5.74) is -1.06. The van der Waals surface area contributed by atoms with Crippen molar-refractivity contribution in [2.75, 3.05) is 13.1 Å². The minimum Gasteiger partial charge on any atom is -0.310 e. The first-order valence-electron chi connectivity index (χ1n) is 3.87. The molecule has 1 aliphatic rings. The molecule has 0 aromatic carbocycles. The number of nitrogens with one attached hydrogen (secondary N) is 1. The van der Waals surface area contributed by atoms with E-state index in [4.69, 9.17) is 0 Å². The molecule has 0 saturated carbocycles. The molecule has 5 heteroatoms. The van der Waals surface area contributed by atoms with Crippen LogP contribution in [0.15, 0.2) is 0 Å². The Kier molecular flexibility index (Phi) is 1.84. The number of nitrogens with zero attached hydrogens (tertiary/aromatic N) is 2. The van der Waals surface area contributed by atoms with Gasteiger partial charge < -0.3 is 5.32 Å². The third-order valence-electron chi connectivity index (χ3n) is 1.92. The monoisotopic (exact) mass is 187 g/mol. The second-order valence-electron chi connectivity index (χ2n) is 3.15. The Bertz CT molecular complexity index is 282. The van der Waals surface area contributed by atoms with Gasteiger partial charge in [0.05, 0.1) is 0 Å². The van der Waals surface area contributed by atoms with Gasteiger partial charge in [0.2, 0.25) is 0 Å². The van der Waals surface area contributed by atoms with Crippen molar-refractivity contribution in [3.05, 3.63) is 10.0 Å². The highest BCUT2D eigenvalue weighted by Gasteiger charge is 2.37. The van der Waals surface area contributed by atoms with Crippen LogP contribution in [-0.4, -0.2) is 29.0 Å². The number of hydrogen-bond acceptors (Lipinski definition) is 4. The molecule has 0 atom stereocenters. The van der Waals surface area contributed by atoms with Crippen LogP contribution < -0.4 is 5.32 Å². The molecule has 66 valence electrons. The molecular weight excluding hydrogens is 177 g/mol. The highest BCUT2D eigenvalue weighted by molar-refractivity contribution is 7.11. The standard InChI is InChI=1S/C7H10FN3S/c1-5-10-11-6(12-5)2-7(8)3-9-4-7/h9H,2-4H2,1H3. The number of aryl methyl sites for hydroxylation is 1. The number of aromatic nitrogens is 2. The van der Waals surface area contributed by atoms with Gasteiger partial charge in [-0.2, -0.15) is 0 Å². The van der Waals surface area contributed by atoms with E-state index in [2.05, 4.69) is 15.5 Å². The Morgan fingerprint density at radius 3 is 2.75 bits per heavy atom. The molecule has 0 bridgehead atoms. The minimum absolute atomic E-state index is 0.408. The molecule has 3 nitrogen and oxygen atoms in total. The zero-order valence-electron chi connectivity index (χ0n) is 6.80. The van der Waals surface area contributed by atoms with Crippen LogP contribution in [-0.2, 0) is 6.42 Å². The summed E-state index contributed by atoms with van der Waals surface area (Å²) in [6.07, 6.45) is 0.408. The maximum absolute atomic E-state index is 13.5. The summed E-state index contributed by atoms with van der Waals surface area (Å²) in [7, 11) is 0. The molecule has 1 N–H and O–H groups in total. The van der Waals surface area contributed by atoms with Crippen LogP contribution in [0.3, 0.4) is 0 Å². The molecule has 12 heavy (non-hydrogen) atoms. The van der Waals surface area contributed by atoms with Crippen LogP contribution in [0.2, 0.25) is 0 Å². The van der Waals surface area contributed by atoms with Gasteiger partial charge in [-0.15, -0.1) is 21.5 Å². The third kappa shape index (κ3) is 1.47. The summed E-state index contributed by atoms with van der Waals surface area (Å²) in [4.78, 5) is 0. The Hall–Kier alpha value is -0.550. The Labute approximate surface area is 74.0 Å². The second kappa shape index (κ2) is 2.74. The molecule has 2 rings (SSSR count). The van der Waals surface area contributed by atoms with E-state index in [0.717, 1.165) is 10.0 Å². The van der Waals surface area contributed by atoms with Crippen LogP contribution in [0, 0.1) is 6.92 Å². The van der Waals surface area contributed by atoms with Gasteiger partial charge in [-0.05, 0) is 6.92 Å². The van der Waals surface area contributed by atoms with E-state index in [1.165, 1.54) is 11.3 Å². The van der Waals surface area contributed by atoms with E-state index in [1.807, 2.05) is 6.92 Å². The van der Waals surface area contributed by atoms with E-state index >= 15 is 0 Å². The lowest BCUT2D eigenvalue weighted by Gasteiger charge is -2.33. The molecule has 1 aliphatic heterocycles. The van der Waals surface area contributed by atoms with Crippen molar-refractivity contribution in [3.63, 3.8) is 0 Å². The van der Waals surface area contributed by atoms with Crippen molar-refractivity contribution in [1.29, 1.82) is 0 Å². The highest BCUT2D eigenvalue weighted by Crippen LogP contribution is 2.23. The first-order chi connectivity index (χ1) is 5.68. The Morgan fingerprint density at radius 1 is 1.58 bits per heavy atom. The second-order valence-corrected chi connectivity index (χ2v) is 4.41. The molecule has 2 heterocycles. The summed E-state index contributed by atoms with van der Waals surface area (Å²) in [6, 6.07) is 0. The smallest absolute Gasteiger partial charge is 0.142 e. The minimum atomic E-state index is -1.06. The maximum Gasteiger partial charge on any atom is 0.142 e. The summed E-state index contributed by atoms with van der Waals surface area (Å²) >= 11 is 1.47. The van der Waals surface area contributed by atoms with Gasteiger partial charge in [0.1, 0.15) is 15.7 Å². The highest BCUT2D eigenvalue weighted by atomic mass is 32.1. The first kappa shape index (κ1) is 8.07. The van der Waals surface area contributed by atoms with Gasteiger partial charge in [0.25, 0.3) is 0 Å². The summed E-state index contributed by atoms with van der Waals surface area (Å²) in [5.74, 6) is 0. The summed E-state index contributed by atoms with van der Waals surface area (Å²) in [5, 5.41) is 12.3. The first-order valence-corrected chi connectivity index (χ1v) is 4.68. The average molecular weight is 187 g/mol. The Morgan fingerprint density at radius 2 is 2.33 bits per heavy atom. The van der Waals surface area contributed by atoms with Crippen molar-refractivity contribution < 1.29 is 4.39 Å². The predicted octanol–water partition coefficient (Wildman–Crippen LogP) is 0.701. The van der Waals surface area contributed by atoms with Crippen molar-refractivity contribution in [1.82, 2.24) is 15.5 Å². The van der Waals surface area contributed by atoms with Gasteiger partial charge in [-0.3, -0.25) is 0 Å². The molecule has 1 saturated heterocycles. The number of hydrogen-bond donors (Lipinski definition) is 1. The fraction of sp³-hybridized carbons (Fsp3) is 0.714. The van der Waals surface area contributed by atoms with Crippen molar-refractivity contribution in [2.45, 2.75) is 19.0 Å². The zero-order valence-corrected chi connectivity index (χ0v) is 7.62. The van der Waals surface area contributed by atoms with Crippen LogP contribution in [0.1, 0.15) is 10.0 Å². The molecule has 0 amide bonds. The van der Waals surface area contributed by atoms with Crippen molar-refractivity contribution in [3.8, 4) is 0 Å². The van der Waals surface area contributed by atoms with Gasteiger partial charge in [0.15, 0.2) is 0 Å². The SMILES string of the molecule is Cc1nnc(CC2(F)CNC2)s1. The topological polar surface area (TPSA) is 37.8 Å². The molecule has 0 aliphatic carbocycles. The van der Waals surface area contributed by atoms with E-state index < -0.39 is 5.67 Å². The Balaban J connectivity index is 2.03. The van der Waals surface area contributed by atoms with Gasteiger partial charge in [-0.1, -0.05) is 0 Å². The third-order valence-corrected chi connectivity index (χ3v) is 2.76. The van der Waals surface area contributed by atoms with Gasteiger partial charge in [-0.25, -0.2) is 4.39 Å².